The Morgan fingerprint density at radius 1 is 1.08 bits per heavy atom. The Balaban J connectivity index is 1.77. The molecule has 1 fully saturated rings. The Kier molecular flexibility index (Phi) is 4.17. The zero-order chi connectivity index (χ0) is 16.4. The first-order chi connectivity index (χ1) is 11.8. The first kappa shape index (κ1) is 15.1. The van der Waals surface area contributed by atoms with Crippen LogP contribution in [0.3, 0.4) is 0 Å². The third-order valence-corrected chi connectivity index (χ3v) is 5.57. The van der Waals surface area contributed by atoms with Crippen LogP contribution in [0, 0.1) is 0 Å². The minimum Gasteiger partial charge on any atom is -0.363 e. The number of aromatic nitrogens is 2. The molecule has 3 aromatic rings. The van der Waals surface area contributed by atoms with E-state index in [-0.39, 0.29) is 5.91 Å². The topological polar surface area (TPSA) is 38.1 Å². The predicted octanol–water partition coefficient (Wildman–Crippen LogP) is 4.29. The van der Waals surface area contributed by atoms with Gasteiger partial charge < -0.3 is 4.90 Å². The number of benzene rings is 1. The molecule has 0 amide bonds. The predicted molar refractivity (Wildman–Crippen MR) is 97.8 cm³/mol. The Hall–Kier alpha value is -2.40. The molecule has 2 aromatic heterocycles. The van der Waals surface area contributed by atoms with Crippen molar-refractivity contribution in [2.45, 2.75) is 19.3 Å². The Morgan fingerprint density at radius 2 is 1.88 bits per heavy atom. The highest BCUT2D eigenvalue weighted by atomic mass is 32.1. The minimum absolute atomic E-state index is 0.0158. The molecule has 0 aliphatic carbocycles. The molecule has 0 radical (unpaired) electrons. The van der Waals surface area contributed by atoms with E-state index in [2.05, 4.69) is 22.0 Å². The van der Waals surface area contributed by atoms with Crippen molar-refractivity contribution in [3.8, 4) is 11.1 Å². The molecule has 1 aliphatic heterocycles. The smallest absolute Gasteiger partial charge is 0.273 e. The minimum atomic E-state index is -0.0158. The zero-order valence-corrected chi connectivity index (χ0v) is 14.2. The molecule has 4 nitrogen and oxygen atoms in total. The van der Waals surface area contributed by atoms with Crippen molar-refractivity contribution in [2.75, 3.05) is 18.0 Å². The molecule has 24 heavy (non-hydrogen) atoms. The summed E-state index contributed by atoms with van der Waals surface area (Å²) in [5.41, 5.74) is 2.32. The fourth-order valence-corrected chi connectivity index (χ4v) is 4.33. The molecule has 0 N–H and O–H groups in total. The number of hydrogen-bond donors (Lipinski definition) is 0. The van der Waals surface area contributed by atoms with Crippen LogP contribution in [0.25, 0.3) is 11.1 Å². The number of thiophene rings is 1. The van der Waals surface area contributed by atoms with Gasteiger partial charge in [-0.2, -0.15) is 0 Å². The lowest BCUT2D eigenvalue weighted by molar-refractivity contribution is 0.0964. The maximum Gasteiger partial charge on any atom is 0.273 e. The van der Waals surface area contributed by atoms with Gasteiger partial charge in [-0.05, 0) is 30.9 Å². The Labute approximate surface area is 145 Å². The summed E-state index contributed by atoms with van der Waals surface area (Å²) >= 11 is 1.59. The van der Waals surface area contributed by atoms with Crippen molar-refractivity contribution in [1.29, 1.82) is 0 Å². The number of carbonyl (C=O) groups is 1. The van der Waals surface area contributed by atoms with Gasteiger partial charge in [0.05, 0.1) is 9.88 Å². The first-order valence-corrected chi connectivity index (χ1v) is 9.11. The number of hydrogen-bond acceptors (Lipinski definition) is 4. The molecular formula is C19H19N3OS. The average Bonchev–Trinajstić information content (AvgIpc) is 3.33. The van der Waals surface area contributed by atoms with Crippen molar-refractivity contribution < 1.29 is 4.79 Å². The van der Waals surface area contributed by atoms with E-state index in [1.54, 1.807) is 34.6 Å². The van der Waals surface area contributed by atoms with Crippen molar-refractivity contribution >= 4 is 22.2 Å². The second-order valence-corrected chi connectivity index (χ2v) is 7.05. The summed E-state index contributed by atoms with van der Waals surface area (Å²) in [6.45, 7) is 2.14. The summed E-state index contributed by atoms with van der Waals surface area (Å²) in [7, 11) is 0. The molecule has 0 unspecified atom stereocenters. The third kappa shape index (κ3) is 2.87. The second kappa shape index (κ2) is 6.61. The van der Waals surface area contributed by atoms with Gasteiger partial charge in [0.25, 0.3) is 5.91 Å². The molecule has 3 heterocycles. The summed E-state index contributed by atoms with van der Waals surface area (Å²) in [4.78, 5) is 19.9. The molecule has 1 saturated heterocycles. The highest BCUT2D eigenvalue weighted by Gasteiger charge is 2.22. The van der Waals surface area contributed by atoms with Gasteiger partial charge in [0.15, 0.2) is 0 Å². The quantitative estimate of drug-likeness (QED) is 0.715. The molecule has 1 aromatic carbocycles. The number of piperidine rings is 1. The SMILES string of the molecule is O=C(c1cc(-c2ccccc2)c(N2CCCCC2)s1)n1ccnc1. The van der Waals surface area contributed by atoms with Gasteiger partial charge in [-0.3, -0.25) is 9.36 Å². The van der Waals surface area contributed by atoms with E-state index in [1.807, 2.05) is 24.3 Å². The van der Waals surface area contributed by atoms with Gasteiger partial charge >= 0.3 is 0 Å². The van der Waals surface area contributed by atoms with E-state index in [0.29, 0.717) is 0 Å². The van der Waals surface area contributed by atoms with Crippen LogP contribution in [0.4, 0.5) is 5.00 Å². The molecule has 122 valence electrons. The van der Waals surface area contributed by atoms with Crippen molar-refractivity contribution in [1.82, 2.24) is 9.55 Å². The lowest BCUT2D eigenvalue weighted by atomic mass is 10.1. The number of anilines is 1. The molecule has 1 aliphatic rings. The molecular weight excluding hydrogens is 318 g/mol. The maximum atomic E-state index is 12.7. The van der Waals surface area contributed by atoms with Crippen molar-refractivity contribution in [2.24, 2.45) is 0 Å². The van der Waals surface area contributed by atoms with Crippen LogP contribution in [0.2, 0.25) is 0 Å². The molecule has 0 spiro atoms. The highest BCUT2D eigenvalue weighted by molar-refractivity contribution is 7.18. The zero-order valence-electron chi connectivity index (χ0n) is 13.4. The van der Waals surface area contributed by atoms with E-state index in [1.165, 1.54) is 29.8 Å². The Morgan fingerprint density at radius 3 is 2.58 bits per heavy atom. The molecule has 0 bridgehead atoms. The Bertz CT molecular complexity index is 818. The van der Waals surface area contributed by atoms with E-state index < -0.39 is 0 Å². The van der Waals surface area contributed by atoms with Gasteiger partial charge in [-0.1, -0.05) is 30.3 Å². The van der Waals surface area contributed by atoms with Crippen LogP contribution in [0.1, 0.15) is 28.9 Å². The van der Waals surface area contributed by atoms with Gasteiger partial charge in [0.2, 0.25) is 0 Å². The number of nitrogens with zero attached hydrogens (tertiary/aromatic N) is 3. The van der Waals surface area contributed by atoms with Crippen LogP contribution in [0.15, 0.2) is 55.1 Å². The van der Waals surface area contributed by atoms with Crippen LogP contribution < -0.4 is 4.90 Å². The van der Waals surface area contributed by atoms with Crippen molar-refractivity contribution in [3.05, 3.63) is 60.0 Å². The monoisotopic (exact) mass is 337 g/mol. The van der Waals surface area contributed by atoms with Gasteiger partial charge in [0.1, 0.15) is 6.33 Å². The fourth-order valence-electron chi connectivity index (χ4n) is 3.15. The number of imidazole rings is 1. The first-order valence-electron chi connectivity index (χ1n) is 8.30. The van der Waals surface area contributed by atoms with Crippen LogP contribution in [-0.2, 0) is 0 Å². The summed E-state index contributed by atoms with van der Waals surface area (Å²) in [5, 5.41) is 1.21. The van der Waals surface area contributed by atoms with Gasteiger partial charge in [-0.15, -0.1) is 11.3 Å². The van der Waals surface area contributed by atoms with E-state index in [9.17, 15) is 4.79 Å². The third-order valence-electron chi connectivity index (χ3n) is 4.39. The molecule has 0 atom stereocenters. The normalized spacial score (nSPS) is 14.8. The lowest BCUT2D eigenvalue weighted by Crippen LogP contribution is -2.28. The van der Waals surface area contributed by atoms with Gasteiger partial charge in [-0.25, -0.2) is 4.98 Å². The summed E-state index contributed by atoms with van der Waals surface area (Å²) in [6.07, 6.45) is 8.63. The number of rotatable bonds is 3. The van der Waals surface area contributed by atoms with Crippen LogP contribution in [-0.4, -0.2) is 28.5 Å². The lowest BCUT2D eigenvalue weighted by Gasteiger charge is -2.28. The molecule has 0 saturated carbocycles. The maximum absolute atomic E-state index is 12.7. The molecule has 5 heteroatoms. The van der Waals surface area contributed by atoms with Crippen molar-refractivity contribution in [3.63, 3.8) is 0 Å². The summed E-state index contributed by atoms with van der Waals surface area (Å²) in [5.74, 6) is -0.0158. The van der Waals surface area contributed by atoms with E-state index in [4.69, 9.17) is 0 Å². The standard InChI is InChI=1S/C19H19N3OS/c23-18(22-12-9-20-14-22)17-13-16(15-7-3-1-4-8-15)19(24-17)21-10-5-2-6-11-21/h1,3-4,7-9,12-14H,2,5-6,10-11H2. The van der Waals surface area contributed by atoms with Crippen LogP contribution in [0.5, 0.6) is 0 Å². The summed E-state index contributed by atoms with van der Waals surface area (Å²) in [6, 6.07) is 12.4. The number of carbonyl (C=O) groups excluding carboxylic acids is 1. The van der Waals surface area contributed by atoms with Crippen LogP contribution >= 0.6 is 11.3 Å². The molecule has 4 rings (SSSR count). The van der Waals surface area contributed by atoms with E-state index >= 15 is 0 Å². The highest BCUT2D eigenvalue weighted by Crippen LogP contribution is 2.40. The summed E-state index contributed by atoms with van der Waals surface area (Å²) < 4.78 is 1.54. The second-order valence-electron chi connectivity index (χ2n) is 6.02. The fraction of sp³-hybridized carbons (Fsp3) is 0.263. The van der Waals surface area contributed by atoms with Gasteiger partial charge in [0, 0.05) is 31.0 Å². The largest absolute Gasteiger partial charge is 0.363 e. The average molecular weight is 337 g/mol. The van der Waals surface area contributed by atoms with E-state index in [0.717, 1.165) is 23.5 Å².